The molecule has 348 valence electrons. The first-order valence-electron chi connectivity index (χ1n) is 26.2. The summed E-state index contributed by atoms with van der Waals surface area (Å²) >= 11 is 0. The van der Waals surface area contributed by atoms with E-state index < -0.39 is 5.41 Å². The van der Waals surface area contributed by atoms with Gasteiger partial charge in [-0.2, -0.15) is 0 Å². The van der Waals surface area contributed by atoms with Crippen molar-refractivity contribution in [1.29, 1.82) is 0 Å². The Balaban J connectivity index is 0.887. The molecule has 0 aliphatic heterocycles. The molecule has 0 N–H and O–H groups in total. The summed E-state index contributed by atoms with van der Waals surface area (Å²) in [5.74, 6) is 0. The van der Waals surface area contributed by atoms with E-state index in [2.05, 4.69) is 271 Å². The first kappa shape index (κ1) is 42.4. The molecule has 0 bridgehead atoms. The van der Waals surface area contributed by atoms with E-state index in [0.717, 1.165) is 17.1 Å². The van der Waals surface area contributed by atoms with Crippen LogP contribution in [0.3, 0.4) is 0 Å². The Kier molecular flexibility index (Phi) is 8.53. The van der Waals surface area contributed by atoms with Crippen LogP contribution in [0.1, 0.15) is 86.1 Å². The third-order valence-electron chi connectivity index (χ3n) is 17.7. The number of anilines is 3. The summed E-state index contributed by atoms with van der Waals surface area (Å²) in [5.41, 5.74) is 29.3. The maximum Gasteiger partial charge on any atom is 0.0725 e. The standard InChI is InChI=1S/C72H55N/c1-69(2)42-47-30-38-63-68(58(47)43-69)57-21-12-15-25-61(57)72(63)60-24-14-11-20-56(60)67-51(22-16-26-62(67)72)45-27-31-48(32-28-45)73(49-33-36-54-52-19-10-13-23-59(52)70(3,4)65(54)40-49)50-34-37-55-53-35-29-46(44-17-8-7-9-18-44)39-64(53)71(5,6)66(55)41-50/h7-43H,1-6H3. The van der Waals surface area contributed by atoms with Crippen LogP contribution in [0.25, 0.3) is 78.9 Å². The van der Waals surface area contributed by atoms with Crippen LogP contribution in [0.2, 0.25) is 0 Å². The zero-order valence-electron chi connectivity index (χ0n) is 42.3. The van der Waals surface area contributed by atoms with Gasteiger partial charge in [-0.1, -0.05) is 224 Å². The number of nitrogens with zero attached hydrogens (tertiary/aromatic N) is 1. The molecule has 5 aliphatic carbocycles. The van der Waals surface area contributed by atoms with Gasteiger partial charge in [-0.15, -0.1) is 0 Å². The first-order chi connectivity index (χ1) is 35.4. The van der Waals surface area contributed by atoms with E-state index in [1.807, 2.05) is 0 Å². The number of hydrogen-bond donors (Lipinski definition) is 0. The SMILES string of the molecule is CC1(C)C=c2ccc3c(c2=C1)-c1ccccc1C31c2ccccc2-c2c(-c3ccc(N(c4ccc5c(c4)C(C)(C)c4ccccc4-5)c4ccc5c(c4)C(C)(C)c4cc(-c6ccccc6)ccc4-5)cc3)cccc21. The second kappa shape index (κ2) is 14.7. The Labute approximate surface area is 429 Å². The highest BCUT2D eigenvalue weighted by Gasteiger charge is 2.52. The van der Waals surface area contributed by atoms with Crippen molar-refractivity contribution in [1.82, 2.24) is 0 Å². The molecule has 1 heteroatoms. The molecule has 0 radical (unpaired) electrons. The minimum Gasteiger partial charge on any atom is -0.310 e. The van der Waals surface area contributed by atoms with Crippen molar-refractivity contribution in [2.75, 3.05) is 4.90 Å². The fourth-order valence-corrected chi connectivity index (χ4v) is 14.4. The monoisotopic (exact) mass is 933 g/mol. The number of benzene rings is 10. The topological polar surface area (TPSA) is 3.24 Å². The van der Waals surface area contributed by atoms with Gasteiger partial charge in [-0.25, -0.2) is 0 Å². The predicted molar refractivity (Wildman–Crippen MR) is 305 cm³/mol. The largest absolute Gasteiger partial charge is 0.310 e. The molecule has 1 spiro atoms. The van der Waals surface area contributed by atoms with Gasteiger partial charge < -0.3 is 4.90 Å². The molecular formula is C72H55N. The number of fused-ring (bicyclic) bond motifs is 18. The van der Waals surface area contributed by atoms with E-state index in [9.17, 15) is 0 Å². The summed E-state index contributed by atoms with van der Waals surface area (Å²) in [5, 5.41) is 2.71. The van der Waals surface area contributed by atoms with Gasteiger partial charge in [0.15, 0.2) is 0 Å². The van der Waals surface area contributed by atoms with Gasteiger partial charge in [0.05, 0.1) is 5.41 Å². The van der Waals surface area contributed by atoms with Crippen LogP contribution < -0.4 is 15.3 Å². The Morgan fingerprint density at radius 1 is 0.288 bits per heavy atom. The van der Waals surface area contributed by atoms with Gasteiger partial charge >= 0.3 is 0 Å². The number of hydrogen-bond acceptors (Lipinski definition) is 1. The van der Waals surface area contributed by atoms with E-state index in [1.54, 1.807) is 0 Å². The predicted octanol–water partition coefficient (Wildman–Crippen LogP) is 17.0. The lowest BCUT2D eigenvalue weighted by Crippen LogP contribution is -2.29. The van der Waals surface area contributed by atoms with E-state index in [1.165, 1.54) is 122 Å². The molecule has 0 fully saturated rings. The molecule has 0 saturated carbocycles. The average Bonchev–Trinajstić information content (AvgIpc) is 4.16. The summed E-state index contributed by atoms with van der Waals surface area (Å²) in [6, 6.07) is 81.0. The Hall–Kier alpha value is -8.26. The highest BCUT2D eigenvalue weighted by atomic mass is 15.1. The molecule has 0 heterocycles. The van der Waals surface area contributed by atoms with Crippen molar-refractivity contribution < 1.29 is 0 Å². The highest BCUT2D eigenvalue weighted by Crippen LogP contribution is 2.64. The molecule has 1 atom stereocenters. The van der Waals surface area contributed by atoms with Crippen LogP contribution >= 0.6 is 0 Å². The van der Waals surface area contributed by atoms with Crippen LogP contribution in [-0.4, -0.2) is 0 Å². The summed E-state index contributed by atoms with van der Waals surface area (Å²) in [4.78, 5) is 2.50. The normalized spacial score (nSPS) is 17.5. The van der Waals surface area contributed by atoms with Crippen molar-refractivity contribution in [2.24, 2.45) is 5.41 Å². The van der Waals surface area contributed by atoms with Gasteiger partial charge in [-0.05, 0) is 164 Å². The Bertz CT molecular complexity index is 4160. The molecular weight excluding hydrogens is 879 g/mol. The van der Waals surface area contributed by atoms with Crippen LogP contribution in [0.15, 0.2) is 212 Å². The second-order valence-electron chi connectivity index (χ2n) is 22.9. The molecule has 0 amide bonds. The molecule has 1 unspecified atom stereocenters. The van der Waals surface area contributed by atoms with Crippen LogP contribution in [0.5, 0.6) is 0 Å². The Morgan fingerprint density at radius 2 is 0.767 bits per heavy atom. The second-order valence-corrected chi connectivity index (χ2v) is 22.9. The van der Waals surface area contributed by atoms with Crippen LogP contribution in [0.4, 0.5) is 17.1 Å². The van der Waals surface area contributed by atoms with Gasteiger partial charge in [0.1, 0.15) is 0 Å². The summed E-state index contributed by atoms with van der Waals surface area (Å²) in [7, 11) is 0. The van der Waals surface area contributed by atoms with E-state index in [0.29, 0.717) is 0 Å². The fourth-order valence-electron chi connectivity index (χ4n) is 14.4. The lowest BCUT2D eigenvalue weighted by molar-refractivity contribution is 0.660. The van der Waals surface area contributed by atoms with E-state index in [-0.39, 0.29) is 16.2 Å². The minimum absolute atomic E-state index is 0.00172. The summed E-state index contributed by atoms with van der Waals surface area (Å²) < 4.78 is 0. The van der Waals surface area contributed by atoms with Crippen LogP contribution in [-0.2, 0) is 16.2 Å². The molecule has 10 aromatic carbocycles. The smallest absolute Gasteiger partial charge is 0.0725 e. The molecule has 73 heavy (non-hydrogen) atoms. The molecule has 15 rings (SSSR count). The molecule has 0 saturated heterocycles. The van der Waals surface area contributed by atoms with Crippen molar-refractivity contribution in [3.8, 4) is 66.8 Å². The third kappa shape index (κ3) is 5.68. The Morgan fingerprint density at radius 3 is 1.44 bits per heavy atom. The van der Waals surface area contributed by atoms with Crippen molar-refractivity contribution in [3.05, 3.63) is 267 Å². The first-order valence-corrected chi connectivity index (χ1v) is 26.2. The van der Waals surface area contributed by atoms with Crippen molar-refractivity contribution in [3.63, 3.8) is 0 Å². The van der Waals surface area contributed by atoms with Gasteiger partial charge in [0.2, 0.25) is 0 Å². The summed E-state index contributed by atoms with van der Waals surface area (Å²) in [6.45, 7) is 14.2. The average molecular weight is 934 g/mol. The van der Waals surface area contributed by atoms with Crippen LogP contribution in [0, 0.1) is 5.41 Å². The molecule has 10 aromatic rings. The lowest BCUT2D eigenvalue weighted by Gasteiger charge is -2.30. The zero-order valence-corrected chi connectivity index (χ0v) is 42.3. The third-order valence-corrected chi connectivity index (χ3v) is 17.7. The highest BCUT2D eigenvalue weighted by molar-refractivity contribution is 6.01. The fraction of sp³-hybridized carbons (Fsp3) is 0.139. The minimum atomic E-state index is -0.425. The summed E-state index contributed by atoms with van der Waals surface area (Å²) in [6.07, 6.45) is 4.93. The zero-order chi connectivity index (χ0) is 49.2. The molecule has 5 aliphatic rings. The van der Waals surface area contributed by atoms with Gasteiger partial charge in [0.25, 0.3) is 0 Å². The maximum atomic E-state index is 2.50. The van der Waals surface area contributed by atoms with Gasteiger partial charge in [0, 0.05) is 33.3 Å². The number of rotatable bonds is 5. The van der Waals surface area contributed by atoms with Gasteiger partial charge in [-0.3, -0.25) is 0 Å². The van der Waals surface area contributed by atoms with E-state index >= 15 is 0 Å². The molecule has 1 nitrogen and oxygen atoms in total. The van der Waals surface area contributed by atoms with Crippen molar-refractivity contribution >= 4 is 29.2 Å². The molecule has 0 aromatic heterocycles. The maximum absolute atomic E-state index is 2.50. The lowest BCUT2D eigenvalue weighted by atomic mass is 9.70. The van der Waals surface area contributed by atoms with Crippen molar-refractivity contribution in [2.45, 2.75) is 57.8 Å². The quantitative estimate of drug-likeness (QED) is 0.166. The van der Waals surface area contributed by atoms with E-state index in [4.69, 9.17) is 0 Å².